The lowest BCUT2D eigenvalue weighted by atomic mass is 9.89. The van der Waals surface area contributed by atoms with Gasteiger partial charge in [0.15, 0.2) is 0 Å². The molecule has 13 rings (SSSR count). The number of hydrogen-bond acceptors (Lipinski definition) is 2. The van der Waals surface area contributed by atoms with Crippen molar-refractivity contribution in [3.63, 3.8) is 0 Å². The van der Waals surface area contributed by atoms with E-state index in [0.717, 1.165) is 16.3 Å². The van der Waals surface area contributed by atoms with Crippen LogP contribution in [0.5, 0.6) is 0 Å². The molecular formula is C56H34N2O2. The SMILES string of the molecule is O=[N+]([O-])c1ccccc1-c1cccc2c1ccc1c3ccccc3c3ccccc3c21.c1ccc2c(c1)[nH]c1ccc3c(ccc4c5ccccc5c5ccccc5c43)c12. The van der Waals surface area contributed by atoms with Crippen molar-refractivity contribution in [1.29, 1.82) is 0 Å². The van der Waals surface area contributed by atoms with Crippen LogP contribution in [0, 0.1) is 10.1 Å². The number of aromatic amines is 1. The van der Waals surface area contributed by atoms with Crippen LogP contribution in [-0.2, 0) is 0 Å². The summed E-state index contributed by atoms with van der Waals surface area (Å²) in [6.07, 6.45) is 0. The highest BCUT2D eigenvalue weighted by Gasteiger charge is 2.19. The van der Waals surface area contributed by atoms with Gasteiger partial charge in [0.05, 0.1) is 10.5 Å². The van der Waals surface area contributed by atoms with E-state index >= 15 is 0 Å². The standard InChI is InChI=1S/C28H17NO2.C28H17N/c30-29(31)27-15-6-5-11-23(27)19-13-7-14-25-22(19)16-17-26-21-10-2-1-8-18(21)20-9-3-4-12-24(20)28(25)26;1-2-9-19-17(7-1)18-8-3-4-10-20(18)27-21(19)13-14-23-22(27)15-16-26-28(23)24-11-5-6-12-25(24)29-26/h1-17H;1-16,29H. The highest BCUT2D eigenvalue weighted by molar-refractivity contribution is 6.35. The normalized spacial score (nSPS) is 11.8. The lowest BCUT2D eigenvalue weighted by Crippen LogP contribution is -1.92. The van der Waals surface area contributed by atoms with Gasteiger partial charge in [0.25, 0.3) is 5.69 Å². The molecule has 60 heavy (non-hydrogen) atoms. The first-order chi connectivity index (χ1) is 29.6. The topological polar surface area (TPSA) is 58.9 Å². The Labute approximate surface area is 343 Å². The minimum atomic E-state index is -0.307. The van der Waals surface area contributed by atoms with Gasteiger partial charge in [0.2, 0.25) is 0 Å². The zero-order chi connectivity index (χ0) is 39.9. The summed E-state index contributed by atoms with van der Waals surface area (Å²) >= 11 is 0. The Balaban J connectivity index is 0.000000129. The van der Waals surface area contributed by atoms with Crippen LogP contribution in [0.15, 0.2) is 200 Å². The Hall–Kier alpha value is -8.08. The third-order valence-electron chi connectivity index (χ3n) is 12.5. The van der Waals surface area contributed by atoms with Gasteiger partial charge in [0, 0.05) is 27.9 Å². The first-order valence-corrected chi connectivity index (χ1v) is 20.3. The van der Waals surface area contributed by atoms with E-state index in [2.05, 4.69) is 169 Å². The molecule has 0 bridgehead atoms. The third-order valence-corrected chi connectivity index (χ3v) is 12.5. The summed E-state index contributed by atoms with van der Waals surface area (Å²) in [6.45, 7) is 0. The fourth-order valence-electron chi connectivity index (χ4n) is 10.0. The first kappa shape index (κ1) is 34.0. The van der Waals surface area contributed by atoms with Crippen LogP contribution >= 0.6 is 0 Å². The van der Waals surface area contributed by atoms with E-state index in [-0.39, 0.29) is 10.6 Å². The summed E-state index contributed by atoms with van der Waals surface area (Å²) in [5, 5.41) is 34.2. The fraction of sp³-hybridized carbons (Fsp3) is 0. The third kappa shape index (κ3) is 4.98. The molecule has 0 radical (unpaired) electrons. The van der Waals surface area contributed by atoms with Gasteiger partial charge < -0.3 is 4.98 Å². The number of nitro groups is 1. The molecule has 4 nitrogen and oxygen atoms in total. The van der Waals surface area contributed by atoms with Gasteiger partial charge in [-0.15, -0.1) is 0 Å². The summed E-state index contributed by atoms with van der Waals surface area (Å²) in [6, 6.07) is 69.6. The van der Waals surface area contributed by atoms with Gasteiger partial charge in [-0.1, -0.05) is 176 Å². The van der Waals surface area contributed by atoms with Crippen molar-refractivity contribution in [2.24, 2.45) is 0 Å². The molecule has 0 amide bonds. The largest absolute Gasteiger partial charge is 0.354 e. The van der Waals surface area contributed by atoms with Crippen molar-refractivity contribution in [2.45, 2.75) is 0 Å². The predicted octanol–water partition coefficient (Wildman–Crippen LogP) is 15.8. The minimum absolute atomic E-state index is 0.124. The maximum Gasteiger partial charge on any atom is 0.277 e. The zero-order valence-corrected chi connectivity index (χ0v) is 32.3. The van der Waals surface area contributed by atoms with Crippen LogP contribution in [0.1, 0.15) is 0 Å². The Bertz CT molecular complexity index is 3870. The number of nitrogens with one attached hydrogen (secondary N) is 1. The number of benzene rings is 12. The Morgan fingerprint density at radius 3 is 1.20 bits per heavy atom. The maximum absolute atomic E-state index is 11.7. The number of H-pyrrole nitrogens is 1. The van der Waals surface area contributed by atoms with Gasteiger partial charge in [-0.3, -0.25) is 10.1 Å². The van der Waals surface area contributed by atoms with Gasteiger partial charge in [-0.2, -0.15) is 0 Å². The van der Waals surface area contributed by atoms with Crippen LogP contribution in [-0.4, -0.2) is 9.91 Å². The number of nitrogens with zero attached hydrogens (tertiary/aromatic N) is 1. The van der Waals surface area contributed by atoms with Gasteiger partial charge in [-0.05, 0) is 110 Å². The quantitative estimate of drug-likeness (QED) is 0.108. The number of hydrogen-bond donors (Lipinski definition) is 1. The molecule has 0 atom stereocenters. The lowest BCUT2D eigenvalue weighted by Gasteiger charge is -2.14. The van der Waals surface area contributed by atoms with E-state index in [1.54, 1.807) is 12.1 Å². The molecule has 4 heteroatoms. The number of nitro benzene ring substituents is 1. The van der Waals surface area contributed by atoms with Crippen LogP contribution in [0.3, 0.4) is 0 Å². The Morgan fingerprint density at radius 1 is 0.283 bits per heavy atom. The van der Waals surface area contributed by atoms with Gasteiger partial charge in [-0.25, -0.2) is 0 Å². The van der Waals surface area contributed by atoms with E-state index in [1.807, 2.05) is 24.3 Å². The van der Waals surface area contributed by atoms with Crippen molar-refractivity contribution in [3.8, 4) is 11.1 Å². The zero-order valence-electron chi connectivity index (χ0n) is 32.3. The van der Waals surface area contributed by atoms with Crippen molar-refractivity contribution < 1.29 is 4.92 Å². The van der Waals surface area contributed by atoms with Crippen LogP contribution in [0.4, 0.5) is 5.69 Å². The average Bonchev–Trinajstić information content (AvgIpc) is 3.70. The molecule has 0 spiro atoms. The molecule has 0 aliphatic heterocycles. The van der Waals surface area contributed by atoms with Gasteiger partial charge >= 0.3 is 0 Å². The Morgan fingerprint density at radius 2 is 0.633 bits per heavy atom. The van der Waals surface area contributed by atoms with Crippen LogP contribution in [0.2, 0.25) is 0 Å². The molecule has 12 aromatic carbocycles. The molecular weight excluding hydrogens is 733 g/mol. The van der Waals surface area contributed by atoms with E-state index in [1.165, 1.54) is 97.2 Å². The molecule has 0 fully saturated rings. The molecule has 1 aromatic heterocycles. The molecule has 280 valence electrons. The van der Waals surface area contributed by atoms with Crippen molar-refractivity contribution in [3.05, 3.63) is 210 Å². The molecule has 0 aliphatic carbocycles. The number of rotatable bonds is 2. The second-order valence-electron chi connectivity index (χ2n) is 15.6. The molecule has 0 saturated heterocycles. The molecule has 0 aliphatic rings. The summed E-state index contributed by atoms with van der Waals surface area (Å²) in [5.74, 6) is 0. The monoisotopic (exact) mass is 766 g/mol. The van der Waals surface area contributed by atoms with Gasteiger partial charge in [0.1, 0.15) is 0 Å². The second kappa shape index (κ2) is 13.2. The van der Waals surface area contributed by atoms with Crippen LogP contribution in [0.25, 0.3) is 119 Å². The van der Waals surface area contributed by atoms with Crippen LogP contribution < -0.4 is 0 Å². The average molecular weight is 767 g/mol. The lowest BCUT2D eigenvalue weighted by molar-refractivity contribution is -0.384. The summed E-state index contributed by atoms with van der Waals surface area (Å²) < 4.78 is 0. The summed E-state index contributed by atoms with van der Waals surface area (Å²) in [4.78, 5) is 14.9. The molecule has 13 aromatic rings. The predicted molar refractivity (Wildman–Crippen MR) is 254 cm³/mol. The first-order valence-electron chi connectivity index (χ1n) is 20.3. The van der Waals surface area contributed by atoms with E-state index < -0.39 is 0 Å². The minimum Gasteiger partial charge on any atom is -0.354 e. The highest BCUT2D eigenvalue weighted by Crippen LogP contribution is 2.44. The number of fused-ring (bicyclic) bond motifs is 20. The molecule has 1 N–H and O–H groups in total. The second-order valence-corrected chi connectivity index (χ2v) is 15.6. The molecule has 1 heterocycles. The summed E-state index contributed by atoms with van der Waals surface area (Å²) in [5.41, 5.74) is 4.03. The summed E-state index contributed by atoms with van der Waals surface area (Å²) in [7, 11) is 0. The van der Waals surface area contributed by atoms with Crippen molar-refractivity contribution in [2.75, 3.05) is 0 Å². The number of para-hydroxylation sites is 2. The number of aromatic nitrogens is 1. The van der Waals surface area contributed by atoms with Crippen molar-refractivity contribution in [1.82, 2.24) is 4.98 Å². The van der Waals surface area contributed by atoms with E-state index in [0.29, 0.717) is 5.56 Å². The van der Waals surface area contributed by atoms with E-state index in [9.17, 15) is 10.1 Å². The highest BCUT2D eigenvalue weighted by atomic mass is 16.6. The smallest absolute Gasteiger partial charge is 0.277 e. The maximum atomic E-state index is 11.7. The van der Waals surface area contributed by atoms with E-state index in [4.69, 9.17) is 0 Å². The fourth-order valence-corrected chi connectivity index (χ4v) is 10.0. The molecule has 0 saturated carbocycles. The van der Waals surface area contributed by atoms with Crippen molar-refractivity contribution >= 4 is 114 Å². The Kier molecular flexibility index (Phi) is 7.50. The molecule has 0 unspecified atom stereocenters.